The third kappa shape index (κ3) is 24.5. The van der Waals surface area contributed by atoms with Gasteiger partial charge in [0.25, 0.3) is 0 Å². The van der Waals surface area contributed by atoms with E-state index in [2.05, 4.69) is 0 Å². The van der Waals surface area contributed by atoms with Gasteiger partial charge in [0.1, 0.15) is 0 Å². The fourth-order valence-corrected chi connectivity index (χ4v) is 1.38. The van der Waals surface area contributed by atoms with Crippen LogP contribution in [0.1, 0.15) is 57.8 Å². The van der Waals surface area contributed by atoms with E-state index < -0.39 is 5.97 Å². The fourth-order valence-electron chi connectivity index (χ4n) is 1.38. The second kappa shape index (κ2) is 18.7. The standard InChI is InChI=1S/C7H15NO2.C6H15NO/c8-6-4-2-1-3-5-7(9)10;7-5-3-1-2-4-6-8/h1-6,8H2,(H,9,10);8H,1-7H2. The second-order valence-electron chi connectivity index (χ2n) is 4.27. The molecule has 0 heterocycles. The summed E-state index contributed by atoms with van der Waals surface area (Å²) in [5.41, 5.74) is 10.5. The molecule has 0 radical (unpaired) electrons. The quantitative estimate of drug-likeness (QED) is 0.422. The summed E-state index contributed by atoms with van der Waals surface area (Å²) in [7, 11) is 0. The normalized spacial score (nSPS) is 9.72. The van der Waals surface area contributed by atoms with Gasteiger partial charge < -0.3 is 21.7 Å². The zero-order valence-electron chi connectivity index (χ0n) is 11.4. The maximum absolute atomic E-state index is 10.0. The van der Waals surface area contributed by atoms with Crippen molar-refractivity contribution in [3.05, 3.63) is 0 Å². The molecule has 0 fully saturated rings. The molecule has 0 aromatic heterocycles. The Morgan fingerprint density at radius 1 is 0.778 bits per heavy atom. The van der Waals surface area contributed by atoms with Crippen molar-refractivity contribution in [2.45, 2.75) is 57.8 Å². The number of aliphatic hydroxyl groups is 1. The predicted octanol–water partition coefficient (Wildman–Crippen LogP) is 1.48. The lowest BCUT2D eigenvalue weighted by Gasteiger charge is -1.95. The molecule has 6 N–H and O–H groups in total. The average molecular weight is 262 g/mol. The van der Waals surface area contributed by atoms with E-state index in [0.29, 0.717) is 19.6 Å². The number of carbonyl (C=O) groups is 1. The van der Waals surface area contributed by atoms with Crippen LogP contribution in [0.25, 0.3) is 0 Å². The largest absolute Gasteiger partial charge is 0.481 e. The maximum Gasteiger partial charge on any atom is 0.303 e. The highest BCUT2D eigenvalue weighted by Gasteiger charge is 1.94. The SMILES string of the molecule is NCCCCCCC(=O)O.NCCCCCCO. The number of nitrogens with two attached hydrogens (primary N) is 2. The Morgan fingerprint density at radius 2 is 1.22 bits per heavy atom. The van der Waals surface area contributed by atoms with Crippen molar-refractivity contribution in [3.8, 4) is 0 Å². The smallest absolute Gasteiger partial charge is 0.303 e. The lowest BCUT2D eigenvalue weighted by atomic mass is 10.1. The number of aliphatic hydroxyl groups excluding tert-OH is 1. The van der Waals surface area contributed by atoms with Crippen LogP contribution in [-0.2, 0) is 4.79 Å². The summed E-state index contributed by atoms with van der Waals surface area (Å²) < 4.78 is 0. The van der Waals surface area contributed by atoms with Crippen LogP contribution in [0.5, 0.6) is 0 Å². The van der Waals surface area contributed by atoms with Gasteiger partial charge in [-0.25, -0.2) is 0 Å². The van der Waals surface area contributed by atoms with Gasteiger partial charge in [-0.15, -0.1) is 0 Å². The van der Waals surface area contributed by atoms with E-state index in [0.717, 1.165) is 57.9 Å². The van der Waals surface area contributed by atoms with E-state index in [1.165, 1.54) is 0 Å². The van der Waals surface area contributed by atoms with Gasteiger partial charge in [-0.2, -0.15) is 0 Å². The third-order valence-electron chi connectivity index (χ3n) is 2.46. The average Bonchev–Trinajstić information content (AvgIpc) is 2.35. The van der Waals surface area contributed by atoms with E-state index in [4.69, 9.17) is 21.7 Å². The Morgan fingerprint density at radius 3 is 1.61 bits per heavy atom. The van der Waals surface area contributed by atoms with Crippen LogP contribution in [0.3, 0.4) is 0 Å². The minimum absolute atomic E-state index is 0.296. The van der Waals surface area contributed by atoms with Gasteiger partial charge in [0, 0.05) is 13.0 Å². The summed E-state index contributed by atoms with van der Waals surface area (Å²) in [5, 5.41) is 16.6. The van der Waals surface area contributed by atoms with Crippen LogP contribution in [-0.4, -0.2) is 35.9 Å². The van der Waals surface area contributed by atoms with Crippen LogP contribution in [0.2, 0.25) is 0 Å². The molecular formula is C13H30N2O3. The summed E-state index contributed by atoms with van der Waals surface area (Å²) in [4.78, 5) is 10.0. The number of aliphatic carboxylic acids is 1. The zero-order valence-corrected chi connectivity index (χ0v) is 11.4. The van der Waals surface area contributed by atoms with E-state index in [9.17, 15) is 4.79 Å². The van der Waals surface area contributed by atoms with Crippen molar-refractivity contribution in [2.24, 2.45) is 11.5 Å². The van der Waals surface area contributed by atoms with Crippen molar-refractivity contribution in [3.63, 3.8) is 0 Å². The highest BCUT2D eigenvalue weighted by Crippen LogP contribution is 2.01. The van der Waals surface area contributed by atoms with Crippen LogP contribution in [0.4, 0.5) is 0 Å². The Bertz CT molecular complexity index is 160. The molecule has 0 bridgehead atoms. The van der Waals surface area contributed by atoms with Crippen LogP contribution in [0, 0.1) is 0 Å². The predicted molar refractivity (Wildman–Crippen MR) is 74.4 cm³/mol. The van der Waals surface area contributed by atoms with Gasteiger partial charge in [0.2, 0.25) is 0 Å². The van der Waals surface area contributed by atoms with Gasteiger partial charge >= 0.3 is 5.97 Å². The molecule has 0 atom stereocenters. The molecule has 0 aromatic carbocycles. The molecule has 5 heteroatoms. The van der Waals surface area contributed by atoms with Crippen molar-refractivity contribution in [1.29, 1.82) is 0 Å². The highest BCUT2D eigenvalue weighted by molar-refractivity contribution is 5.66. The molecule has 0 spiro atoms. The topological polar surface area (TPSA) is 110 Å². The number of rotatable bonds is 11. The van der Waals surface area contributed by atoms with Crippen molar-refractivity contribution >= 4 is 5.97 Å². The first-order valence-electron chi connectivity index (χ1n) is 6.91. The molecule has 5 nitrogen and oxygen atoms in total. The highest BCUT2D eigenvalue weighted by atomic mass is 16.4. The number of hydrogen-bond donors (Lipinski definition) is 4. The minimum Gasteiger partial charge on any atom is -0.481 e. The van der Waals surface area contributed by atoms with E-state index in [1.54, 1.807) is 0 Å². The first kappa shape index (κ1) is 19.7. The molecule has 0 amide bonds. The number of unbranched alkanes of at least 4 members (excludes halogenated alkanes) is 6. The summed E-state index contributed by atoms with van der Waals surface area (Å²) in [6.07, 6.45) is 8.46. The number of hydrogen-bond acceptors (Lipinski definition) is 4. The molecule has 0 unspecified atom stereocenters. The molecule has 0 saturated heterocycles. The Hall–Kier alpha value is -0.650. The van der Waals surface area contributed by atoms with E-state index in [1.807, 2.05) is 0 Å². The Kier molecular flexibility index (Phi) is 20.5. The first-order valence-corrected chi connectivity index (χ1v) is 6.91. The summed E-state index contributed by atoms with van der Waals surface area (Å²) in [6.45, 7) is 1.82. The first-order chi connectivity index (χ1) is 8.68. The van der Waals surface area contributed by atoms with Crippen molar-refractivity contribution in [1.82, 2.24) is 0 Å². The molecule has 0 aromatic rings. The Balaban J connectivity index is 0. The lowest BCUT2D eigenvalue weighted by Crippen LogP contribution is -1.98. The van der Waals surface area contributed by atoms with E-state index >= 15 is 0 Å². The van der Waals surface area contributed by atoms with Crippen molar-refractivity contribution in [2.75, 3.05) is 19.7 Å². The number of carboxylic acids is 1. The van der Waals surface area contributed by atoms with Crippen LogP contribution in [0.15, 0.2) is 0 Å². The minimum atomic E-state index is -0.701. The number of carboxylic acid groups (broad SMARTS) is 1. The van der Waals surface area contributed by atoms with Gasteiger partial charge in [-0.3, -0.25) is 4.79 Å². The molecule has 0 rings (SSSR count). The molecule has 0 aliphatic carbocycles. The molecule has 0 aliphatic heterocycles. The molecule has 0 aliphatic rings. The monoisotopic (exact) mass is 262 g/mol. The maximum atomic E-state index is 10.0. The van der Waals surface area contributed by atoms with E-state index in [-0.39, 0.29) is 0 Å². The summed E-state index contributed by atoms with van der Waals surface area (Å²) in [6, 6.07) is 0. The summed E-state index contributed by atoms with van der Waals surface area (Å²) >= 11 is 0. The zero-order chi connectivity index (χ0) is 14.1. The van der Waals surface area contributed by atoms with Crippen LogP contribution < -0.4 is 11.5 Å². The second-order valence-corrected chi connectivity index (χ2v) is 4.27. The fraction of sp³-hybridized carbons (Fsp3) is 0.923. The molecule has 18 heavy (non-hydrogen) atoms. The van der Waals surface area contributed by atoms with Gasteiger partial charge in [0.05, 0.1) is 0 Å². The van der Waals surface area contributed by atoms with Gasteiger partial charge in [-0.05, 0) is 38.8 Å². The van der Waals surface area contributed by atoms with Gasteiger partial charge in [-0.1, -0.05) is 25.7 Å². The van der Waals surface area contributed by atoms with Crippen LogP contribution >= 0.6 is 0 Å². The third-order valence-corrected chi connectivity index (χ3v) is 2.46. The van der Waals surface area contributed by atoms with Crippen molar-refractivity contribution < 1.29 is 15.0 Å². The summed E-state index contributed by atoms with van der Waals surface area (Å²) in [5.74, 6) is -0.701. The Labute approximate surface area is 111 Å². The van der Waals surface area contributed by atoms with Gasteiger partial charge in [0.15, 0.2) is 0 Å². The lowest BCUT2D eigenvalue weighted by molar-refractivity contribution is -0.137. The molecule has 110 valence electrons. The molecular weight excluding hydrogens is 232 g/mol. The molecule has 0 saturated carbocycles.